The molecule has 0 saturated carbocycles. The van der Waals surface area contributed by atoms with Gasteiger partial charge in [0.25, 0.3) is 22.6 Å². The van der Waals surface area contributed by atoms with Gasteiger partial charge in [0.2, 0.25) is 5.82 Å². The van der Waals surface area contributed by atoms with Gasteiger partial charge < -0.3 is 4.74 Å². The molecular formula is C25H30FN3O6S. The van der Waals surface area contributed by atoms with Gasteiger partial charge in [0.15, 0.2) is 0 Å². The first kappa shape index (κ1) is 27.5. The van der Waals surface area contributed by atoms with E-state index < -0.39 is 40.3 Å². The number of amides is 2. The quantitative estimate of drug-likeness (QED) is 0.308. The maximum atomic E-state index is 14.5. The van der Waals surface area contributed by atoms with Gasteiger partial charge in [0.05, 0.1) is 17.3 Å². The van der Waals surface area contributed by atoms with Crippen molar-refractivity contribution in [3.8, 4) is 0 Å². The van der Waals surface area contributed by atoms with Crippen LogP contribution in [0.4, 0.5) is 9.18 Å². The van der Waals surface area contributed by atoms with E-state index in [-0.39, 0.29) is 24.1 Å². The van der Waals surface area contributed by atoms with Crippen LogP contribution in [0.5, 0.6) is 0 Å². The number of carbonyl (C=O) groups is 3. The zero-order valence-corrected chi connectivity index (χ0v) is 21.2. The molecule has 1 aliphatic heterocycles. The second-order valence-corrected chi connectivity index (χ2v) is 9.52. The fourth-order valence-electron chi connectivity index (χ4n) is 4.07. The number of ether oxygens (including phenoxy) is 1. The summed E-state index contributed by atoms with van der Waals surface area (Å²) >= 11 is 0.881. The van der Waals surface area contributed by atoms with Crippen LogP contribution in [0.15, 0.2) is 40.1 Å². The van der Waals surface area contributed by atoms with Gasteiger partial charge in [-0.15, -0.1) is 0 Å². The Morgan fingerprint density at radius 2 is 1.61 bits per heavy atom. The number of thioether (sulfide) groups is 1. The van der Waals surface area contributed by atoms with Crippen molar-refractivity contribution in [1.29, 1.82) is 0 Å². The molecule has 1 unspecified atom stereocenters. The number of benzene rings is 1. The Hall–Kier alpha value is -3.05. The number of hydrogen-bond donors (Lipinski definition) is 0. The molecule has 0 N–H and O–H groups in total. The van der Waals surface area contributed by atoms with Gasteiger partial charge in [-0.25, -0.2) is 13.9 Å². The molecule has 0 aliphatic carbocycles. The van der Waals surface area contributed by atoms with E-state index in [2.05, 4.69) is 6.92 Å². The first-order valence-corrected chi connectivity index (χ1v) is 13.0. The fraction of sp³-hybridized carbons (Fsp3) is 0.480. The van der Waals surface area contributed by atoms with E-state index in [0.717, 1.165) is 55.2 Å². The molecule has 9 nitrogen and oxygen atoms in total. The zero-order valence-electron chi connectivity index (χ0n) is 20.4. The van der Waals surface area contributed by atoms with Gasteiger partial charge in [-0.3, -0.25) is 24.1 Å². The average molecular weight is 520 g/mol. The predicted octanol–water partition coefficient (Wildman–Crippen LogP) is 4.04. The molecule has 1 aromatic carbocycles. The number of fused-ring (bicyclic) bond motifs is 1. The smallest absolute Gasteiger partial charge is 0.340 e. The molecule has 0 fully saturated rings. The van der Waals surface area contributed by atoms with Crippen LogP contribution in [0, 0.1) is 5.82 Å². The molecule has 1 aliphatic rings. The van der Waals surface area contributed by atoms with Crippen LogP contribution in [0.2, 0.25) is 0 Å². The minimum Gasteiger partial charge on any atom is -0.361 e. The summed E-state index contributed by atoms with van der Waals surface area (Å²) in [6.45, 7) is 1.96. The van der Waals surface area contributed by atoms with E-state index in [1.54, 1.807) is 12.1 Å². The molecule has 0 radical (unpaired) electrons. The highest BCUT2D eigenvalue weighted by atomic mass is 32.2. The number of nitrogens with zero attached hydrogens (tertiary/aromatic N) is 3. The summed E-state index contributed by atoms with van der Waals surface area (Å²) in [6, 6.07) is 6.35. The van der Waals surface area contributed by atoms with Gasteiger partial charge in [-0.2, -0.15) is 4.39 Å². The molecule has 2 heterocycles. The van der Waals surface area contributed by atoms with Crippen LogP contribution in [-0.2, 0) is 4.74 Å². The van der Waals surface area contributed by atoms with E-state index in [9.17, 15) is 28.4 Å². The highest BCUT2D eigenvalue weighted by Gasteiger charge is 2.35. The molecular weight excluding hydrogens is 489 g/mol. The van der Waals surface area contributed by atoms with Crippen molar-refractivity contribution >= 4 is 28.8 Å². The molecule has 36 heavy (non-hydrogen) atoms. The van der Waals surface area contributed by atoms with Crippen molar-refractivity contribution in [2.75, 3.05) is 19.4 Å². The molecule has 0 saturated heterocycles. The molecule has 194 valence electrons. The Balaban J connectivity index is 1.71. The second kappa shape index (κ2) is 12.8. The Labute approximate surface area is 212 Å². The third kappa shape index (κ3) is 6.01. The van der Waals surface area contributed by atoms with Crippen molar-refractivity contribution in [2.45, 2.75) is 58.1 Å². The Morgan fingerprint density at radius 1 is 1.00 bits per heavy atom. The van der Waals surface area contributed by atoms with E-state index in [4.69, 9.17) is 4.74 Å². The topological polar surface area (TPSA) is 108 Å². The summed E-state index contributed by atoms with van der Waals surface area (Å²) in [4.78, 5) is 64.3. The van der Waals surface area contributed by atoms with Crippen molar-refractivity contribution in [3.63, 3.8) is 0 Å². The highest BCUT2D eigenvalue weighted by Crippen LogP contribution is 2.23. The minimum atomic E-state index is -1.30. The first-order valence-electron chi connectivity index (χ1n) is 12.0. The monoisotopic (exact) mass is 519 g/mol. The lowest BCUT2D eigenvalue weighted by Crippen LogP contribution is -2.46. The van der Waals surface area contributed by atoms with Gasteiger partial charge in [-0.1, -0.05) is 62.9 Å². The van der Waals surface area contributed by atoms with Gasteiger partial charge in [0.1, 0.15) is 6.23 Å². The third-order valence-corrected chi connectivity index (χ3v) is 6.97. The summed E-state index contributed by atoms with van der Waals surface area (Å²) < 4.78 is 20.8. The van der Waals surface area contributed by atoms with Gasteiger partial charge in [0, 0.05) is 25.8 Å². The average Bonchev–Trinajstić information content (AvgIpc) is 3.12. The van der Waals surface area contributed by atoms with Crippen molar-refractivity contribution in [1.82, 2.24) is 14.0 Å². The Kier molecular flexibility index (Phi) is 9.77. The minimum absolute atomic E-state index is 0.153. The standard InChI is InChI=1S/C25H30FN3O6S/c1-3-4-5-6-7-10-15-36-25(34)28-16-19(26)23(32)29(24(28)33)20(35-2)13-14-27-21(30)17-11-8-9-12-18(17)22(27)31/h8-9,11-12,16,20H,3-7,10,13-15H2,1-2H3. The van der Waals surface area contributed by atoms with Gasteiger partial charge >= 0.3 is 5.69 Å². The summed E-state index contributed by atoms with van der Waals surface area (Å²) in [5, 5.41) is -0.698. The number of unbranched alkanes of at least 4 members (excludes halogenated alkanes) is 5. The number of hydrogen-bond acceptors (Lipinski definition) is 7. The predicted molar refractivity (Wildman–Crippen MR) is 134 cm³/mol. The number of methoxy groups -OCH3 is 1. The number of rotatable bonds is 12. The Morgan fingerprint density at radius 3 is 2.22 bits per heavy atom. The maximum Gasteiger partial charge on any atom is 0.340 e. The lowest BCUT2D eigenvalue weighted by atomic mass is 10.1. The van der Waals surface area contributed by atoms with Crippen LogP contribution in [-0.4, -0.2) is 50.5 Å². The van der Waals surface area contributed by atoms with Crippen LogP contribution in [0.25, 0.3) is 0 Å². The highest BCUT2D eigenvalue weighted by molar-refractivity contribution is 8.13. The summed E-state index contributed by atoms with van der Waals surface area (Å²) in [7, 11) is 1.21. The molecule has 0 bridgehead atoms. The van der Waals surface area contributed by atoms with Crippen LogP contribution < -0.4 is 11.2 Å². The summed E-state index contributed by atoms with van der Waals surface area (Å²) in [6.07, 6.45) is 5.36. The molecule has 2 amide bonds. The van der Waals surface area contributed by atoms with Gasteiger partial charge in [-0.05, 0) is 18.6 Å². The van der Waals surface area contributed by atoms with Crippen molar-refractivity contribution in [2.24, 2.45) is 0 Å². The molecule has 0 spiro atoms. The van der Waals surface area contributed by atoms with E-state index >= 15 is 0 Å². The van der Waals surface area contributed by atoms with Crippen LogP contribution in [0.3, 0.4) is 0 Å². The van der Waals surface area contributed by atoms with Crippen LogP contribution >= 0.6 is 11.8 Å². The lowest BCUT2D eigenvalue weighted by molar-refractivity contribution is 0.0209. The SMILES string of the molecule is CCCCCCCCSC(=O)n1cc(F)c(=O)n(C(CCN2C(=O)c3ccccc3C2=O)OC)c1=O. The fourth-order valence-corrected chi connectivity index (χ4v) is 4.87. The number of carbonyl (C=O) groups excluding carboxylic acids is 3. The normalized spacial score (nSPS) is 13.8. The zero-order chi connectivity index (χ0) is 26.2. The molecule has 2 aromatic rings. The molecule has 3 rings (SSSR count). The largest absolute Gasteiger partial charge is 0.361 e. The first-order chi connectivity index (χ1) is 17.3. The lowest BCUT2D eigenvalue weighted by Gasteiger charge is -2.21. The van der Waals surface area contributed by atoms with Crippen LogP contribution in [0.1, 0.15) is 78.8 Å². The molecule has 11 heteroatoms. The second-order valence-electron chi connectivity index (χ2n) is 8.47. The van der Waals surface area contributed by atoms with E-state index in [1.165, 1.54) is 19.2 Å². The van der Waals surface area contributed by atoms with E-state index in [1.807, 2.05) is 0 Å². The number of imide groups is 1. The maximum absolute atomic E-state index is 14.5. The number of aromatic nitrogens is 2. The Bertz CT molecular complexity index is 1210. The van der Waals surface area contributed by atoms with Crippen molar-refractivity contribution in [3.05, 3.63) is 68.2 Å². The summed E-state index contributed by atoms with van der Waals surface area (Å²) in [5.74, 6) is -1.83. The number of halogens is 1. The van der Waals surface area contributed by atoms with Crippen molar-refractivity contribution < 1.29 is 23.5 Å². The third-order valence-electron chi connectivity index (χ3n) is 6.04. The molecule has 1 aromatic heterocycles. The molecule has 1 atom stereocenters. The summed E-state index contributed by atoms with van der Waals surface area (Å²) in [5.41, 5.74) is -1.78. The van der Waals surface area contributed by atoms with E-state index in [0.29, 0.717) is 21.1 Å².